The second-order valence-corrected chi connectivity index (χ2v) is 6.25. The predicted octanol–water partition coefficient (Wildman–Crippen LogP) is -0.395. The molecule has 0 fully saturated rings. The van der Waals surface area contributed by atoms with E-state index in [1.54, 1.807) is 22.9 Å². The van der Waals surface area contributed by atoms with Gasteiger partial charge in [-0.15, -0.1) is 0 Å². The molecule has 0 bridgehead atoms. The quantitative estimate of drug-likeness (QED) is 0.554. The number of halogens is 1. The van der Waals surface area contributed by atoms with Gasteiger partial charge in [0, 0.05) is 21.9 Å². The molecule has 0 aliphatic rings. The molecule has 0 saturated heterocycles. The second kappa shape index (κ2) is 9.13. The van der Waals surface area contributed by atoms with Gasteiger partial charge in [0.1, 0.15) is 0 Å². The normalized spacial score (nSPS) is 10.3. The Bertz CT molecular complexity index is 1010. The van der Waals surface area contributed by atoms with E-state index < -0.39 is 5.97 Å². The number of benzene rings is 2. The van der Waals surface area contributed by atoms with E-state index in [1.807, 2.05) is 25.1 Å². The number of carboxylic acid groups (broad SMARTS) is 1. The smallest absolute Gasteiger partial charge is 0.550 e. The SMILES string of the molecule is Cc1nn(Cc2c(Cl)cccc2C#N)c2cc(CCC(=O)[O-])ccc12.[K+]. The van der Waals surface area contributed by atoms with E-state index in [4.69, 9.17) is 11.6 Å². The molecule has 0 saturated carbocycles. The molecule has 7 heteroatoms. The summed E-state index contributed by atoms with van der Waals surface area (Å²) < 4.78 is 1.80. The number of hydrogen-bond donors (Lipinski definition) is 0. The molecule has 0 aliphatic carbocycles. The summed E-state index contributed by atoms with van der Waals surface area (Å²) in [7, 11) is 0. The Labute approximate surface area is 199 Å². The Balaban J connectivity index is 0.00000243. The Morgan fingerprint density at radius 1 is 1.35 bits per heavy atom. The fraction of sp³-hybridized carbons (Fsp3) is 0.211. The van der Waals surface area contributed by atoms with Crippen molar-refractivity contribution >= 4 is 28.5 Å². The van der Waals surface area contributed by atoms with Crippen LogP contribution in [0.2, 0.25) is 5.02 Å². The molecule has 3 rings (SSSR count). The zero-order valence-corrected chi connectivity index (χ0v) is 18.5. The van der Waals surface area contributed by atoms with Crippen molar-refractivity contribution in [2.75, 3.05) is 0 Å². The number of rotatable bonds is 5. The molecule has 1 aromatic heterocycles. The van der Waals surface area contributed by atoms with Crippen LogP contribution in [0.3, 0.4) is 0 Å². The van der Waals surface area contributed by atoms with Crippen LogP contribution in [0.5, 0.6) is 0 Å². The van der Waals surface area contributed by atoms with Crippen molar-refractivity contribution in [1.82, 2.24) is 9.78 Å². The number of carboxylic acids is 1. The number of nitriles is 1. The van der Waals surface area contributed by atoms with Gasteiger partial charge < -0.3 is 9.90 Å². The monoisotopic (exact) mass is 391 g/mol. The van der Waals surface area contributed by atoms with Gasteiger partial charge in [-0.3, -0.25) is 4.68 Å². The number of hydrogen-bond acceptors (Lipinski definition) is 4. The van der Waals surface area contributed by atoms with Crippen LogP contribution >= 0.6 is 11.6 Å². The Kier molecular flexibility index (Phi) is 7.41. The van der Waals surface area contributed by atoms with Crippen molar-refractivity contribution < 1.29 is 61.3 Å². The van der Waals surface area contributed by atoms with Crippen LogP contribution in [-0.2, 0) is 17.8 Å². The molecule has 26 heavy (non-hydrogen) atoms. The molecular formula is C19H15ClKN3O2. The molecule has 1 heterocycles. The van der Waals surface area contributed by atoms with E-state index in [0.717, 1.165) is 27.7 Å². The molecule has 2 aromatic carbocycles. The Morgan fingerprint density at radius 3 is 2.81 bits per heavy atom. The Hall–Kier alpha value is -1.20. The molecule has 126 valence electrons. The van der Waals surface area contributed by atoms with Crippen molar-refractivity contribution in [3.8, 4) is 6.07 Å². The molecule has 3 aromatic rings. The van der Waals surface area contributed by atoms with Crippen molar-refractivity contribution in [2.45, 2.75) is 26.3 Å². The van der Waals surface area contributed by atoms with Crippen LogP contribution in [0.1, 0.15) is 28.8 Å². The summed E-state index contributed by atoms with van der Waals surface area (Å²) in [6.07, 6.45) is 0.375. The summed E-state index contributed by atoms with van der Waals surface area (Å²) in [5.74, 6) is -1.07. The second-order valence-electron chi connectivity index (χ2n) is 5.84. The fourth-order valence-corrected chi connectivity index (χ4v) is 3.12. The van der Waals surface area contributed by atoms with Gasteiger partial charge in [-0.05, 0) is 43.5 Å². The Morgan fingerprint density at radius 2 is 2.12 bits per heavy atom. The average Bonchev–Trinajstić information content (AvgIpc) is 2.90. The third-order valence-electron chi connectivity index (χ3n) is 4.17. The summed E-state index contributed by atoms with van der Waals surface area (Å²) in [5.41, 5.74) is 3.89. The van der Waals surface area contributed by atoms with Gasteiger partial charge in [-0.1, -0.05) is 29.8 Å². The van der Waals surface area contributed by atoms with Crippen molar-refractivity contribution in [3.05, 3.63) is 63.8 Å². The summed E-state index contributed by atoms with van der Waals surface area (Å²) in [6.45, 7) is 2.29. The van der Waals surface area contributed by atoms with E-state index in [-0.39, 0.29) is 57.8 Å². The van der Waals surface area contributed by atoms with E-state index in [1.165, 1.54) is 0 Å². The fourth-order valence-electron chi connectivity index (χ4n) is 2.88. The van der Waals surface area contributed by atoms with Gasteiger partial charge >= 0.3 is 51.4 Å². The summed E-state index contributed by atoms with van der Waals surface area (Å²) in [6, 6.07) is 13.2. The first-order valence-corrected chi connectivity index (χ1v) is 8.20. The molecule has 0 radical (unpaired) electrons. The van der Waals surface area contributed by atoms with Crippen LogP contribution in [-0.4, -0.2) is 15.7 Å². The molecule has 5 nitrogen and oxygen atoms in total. The zero-order valence-electron chi connectivity index (χ0n) is 14.6. The average molecular weight is 392 g/mol. The van der Waals surface area contributed by atoms with Crippen LogP contribution < -0.4 is 56.5 Å². The molecule has 0 aliphatic heterocycles. The number of aromatic nitrogens is 2. The summed E-state index contributed by atoms with van der Waals surface area (Å²) in [5, 5.41) is 26.1. The number of carbonyl (C=O) groups excluding carboxylic acids is 1. The maximum absolute atomic E-state index is 10.7. The topological polar surface area (TPSA) is 81.7 Å². The summed E-state index contributed by atoms with van der Waals surface area (Å²) in [4.78, 5) is 10.7. The van der Waals surface area contributed by atoms with Crippen LogP contribution in [0.15, 0.2) is 36.4 Å². The van der Waals surface area contributed by atoms with Crippen LogP contribution in [0.25, 0.3) is 10.9 Å². The number of aliphatic carboxylic acids is 1. The number of carbonyl (C=O) groups is 1. The first-order valence-electron chi connectivity index (χ1n) is 7.83. The van der Waals surface area contributed by atoms with Gasteiger partial charge in [-0.25, -0.2) is 0 Å². The van der Waals surface area contributed by atoms with E-state index >= 15 is 0 Å². The molecular weight excluding hydrogens is 377 g/mol. The van der Waals surface area contributed by atoms with Crippen molar-refractivity contribution in [3.63, 3.8) is 0 Å². The van der Waals surface area contributed by atoms with Gasteiger partial charge in [-0.2, -0.15) is 10.4 Å². The number of aryl methyl sites for hydroxylation is 2. The maximum Gasteiger partial charge on any atom is 1.00 e. The third-order valence-corrected chi connectivity index (χ3v) is 4.52. The summed E-state index contributed by atoms with van der Waals surface area (Å²) >= 11 is 6.27. The van der Waals surface area contributed by atoms with Crippen molar-refractivity contribution in [1.29, 1.82) is 5.26 Å². The minimum Gasteiger partial charge on any atom is -0.550 e. The third kappa shape index (κ3) is 4.55. The van der Waals surface area contributed by atoms with E-state index in [2.05, 4.69) is 11.2 Å². The first-order chi connectivity index (χ1) is 12.0. The van der Waals surface area contributed by atoms with E-state index in [9.17, 15) is 15.2 Å². The van der Waals surface area contributed by atoms with E-state index in [0.29, 0.717) is 23.6 Å². The van der Waals surface area contributed by atoms with Crippen molar-refractivity contribution in [2.24, 2.45) is 0 Å². The minimum absolute atomic E-state index is 0. The molecule has 0 spiro atoms. The predicted molar refractivity (Wildman–Crippen MR) is 93.1 cm³/mol. The van der Waals surface area contributed by atoms with Gasteiger partial charge in [0.25, 0.3) is 0 Å². The minimum atomic E-state index is -1.07. The van der Waals surface area contributed by atoms with Gasteiger partial charge in [0.15, 0.2) is 0 Å². The standard InChI is InChI=1S/C19H16ClN3O2.K/c1-12-15-7-5-13(6-8-19(24)25)9-18(15)23(22-12)11-16-14(10-21)3-2-4-17(16)20;/h2-5,7,9H,6,8,11H2,1H3,(H,24,25);/q;+1/p-1. The van der Waals surface area contributed by atoms with Crippen LogP contribution in [0, 0.1) is 18.3 Å². The first kappa shape index (κ1) is 21.1. The zero-order chi connectivity index (χ0) is 18.0. The van der Waals surface area contributed by atoms with Gasteiger partial charge in [0.2, 0.25) is 0 Å². The molecule has 0 amide bonds. The van der Waals surface area contributed by atoms with Crippen LogP contribution in [0.4, 0.5) is 0 Å². The number of nitrogens with zero attached hydrogens (tertiary/aromatic N) is 3. The molecule has 0 unspecified atom stereocenters. The molecule has 0 atom stereocenters. The number of fused-ring (bicyclic) bond motifs is 1. The largest absolute Gasteiger partial charge is 1.00 e. The van der Waals surface area contributed by atoms with Gasteiger partial charge in [0.05, 0.1) is 29.4 Å². The molecule has 0 N–H and O–H groups in total. The maximum atomic E-state index is 10.7.